The Hall–Kier alpha value is -2.88. The quantitative estimate of drug-likeness (QED) is 0.173. The van der Waals surface area contributed by atoms with Crippen LogP contribution in [-0.2, 0) is 4.79 Å². The van der Waals surface area contributed by atoms with E-state index in [0.29, 0.717) is 17.1 Å². The molecule has 0 spiro atoms. The van der Waals surface area contributed by atoms with Crippen LogP contribution in [0, 0.1) is 44.2 Å². The molecule has 38 heavy (non-hydrogen) atoms. The summed E-state index contributed by atoms with van der Waals surface area (Å²) in [5, 5.41) is 11.7. The van der Waals surface area contributed by atoms with E-state index in [1.165, 1.54) is 36.4 Å². The summed E-state index contributed by atoms with van der Waals surface area (Å²) in [6, 6.07) is 5.83. The molecule has 4 heterocycles. The summed E-state index contributed by atoms with van der Waals surface area (Å²) < 4.78 is 5.57. The molecule has 12 nitrogen and oxygen atoms in total. The van der Waals surface area contributed by atoms with Crippen LogP contribution >= 0.6 is 0 Å². The molecule has 5 N–H and O–H groups in total. The van der Waals surface area contributed by atoms with Gasteiger partial charge in [-0.25, -0.2) is 10.8 Å². The minimum absolute atomic E-state index is 0. The fourth-order valence-electron chi connectivity index (χ4n) is 3.23. The molecule has 0 bridgehead atoms. The number of nitrogens with two attached hydrogens (primary N) is 2. The second-order valence-corrected chi connectivity index (χ2v) is 8.01. The third kappa shape index (κ3) is 13.1. The van der Waals surface area contributed by atoms with Gasteiger partial charge in [-0.15, -0.1) is 6.07 Å². The number of nitrogens with zero attached hydrogens (tertiary/aromatic N) is 7. The normalized spacial score (nSPS) is 13.6. The summed E-state index contributed by atoms with van der Waals surface area (Å²) in [5.74, 6) is 5.95. The van der Waals surface area contributed by atoms with Crippen LogP contribution in [0.5, 0.6) is 6.01 Å². The number of anilines is 1. The predicted octanol–water partition coefficient (Wildman–Crippen LogP) is 2.96. The van der Waals surface area contributed by atoms with Crippen LogP contribution in [0.3, 0.4) is 0 Å². The topological polar surface area (TPSA) is 170 Å². The number of ether oxygens (including phenoxy) is 1. The maximum absolute atomic E-state index is 8.36. The van der Waals surface area contributed by atoms with Gasteiger partial charge in [-0.05, 0) is 44.5 Å². The van der Waals surface area contributed by atoms with Gasteiger partial charge in [0.2, 0.25) is 0 Å². The molecule has 1 fully saturated rings. The number of piperidine rings is 1. The van der Waals surface area contributed by atoms with Crippen molar-refractivity contribution in [1.29, 1.82) is 0 Å². The van der Waals surface area contributed by atoms with Gasteiger partial charge in [-0.1, -0.05) is 39.2 Å². The van der Waals surface area contributed by atoms with E-state index in [2.05, 4.69) is 51.5 Å². The monoisotopic (exact) mass is 751 g/mol. The molecule has 13 heteroatoms. The van der Waals surface area contributed by atoms with Crippen LogP contribution in [0.2, 0.25) is 0 Å². The maximum Gasteiger partial charge on any atom is 2.00 e. The number of rotatable bonds is 6. The Kier molecular flexibility index (Phi) is 19.5. The van der Waals surface area contributed by atoms with E-state index >= 15 is 0 Å². The molecule has 0 atom stereocenters. The Morgan fingerprint density at radius 3 is 2.32 bits per heavy atom. The number of likely N-dealkylation sites (N-methyl/N-ethyl adjacent to an activating group) is 1. The van der Waals surface area contributed by atoms with Crippen molar-refractivity contribution in [3.05, 3.63) is 53.1 Å². The number of hydrogen-bond acceptors (Lipinski definition) is 10. The molecule has 0 unspecified atom stereocenters. The summed E-state index contributed by atoms with van der Waals surface area (Å²) in [7, 11) is 1.71. The van der Waals surface area contributed by atoms with Crippen LogP contribution in [0.25, 0.3) is 11.1 Å². The fraction of sp³-hybridized carbons (Fsp3) is 0.480. The van der Waals surface area contributed by atoms with Gasteiger partial charge < -0.3 is 46.0 Å². The second-order valence-electron chi connectivity index (χ2n) is 8.01. The van der Waals surface area contributed by atoms with Crippen LogP contribution in [0.15, 0.2) is 35.2 Å². The van der Waals surface area contributed by atoms with E-state index in [0.717, 1.165) is 25.3 Å². The number of aryl methyl sites for hydroxylation is 1. The molecule has 2 aliphatic heterocycles. The standard InChI is InChI=1S/C19H26N7O.C3H8.C2H3N2.CH2O2.U/c1-14-16(26-11-4-3-5-12-26)8-7-15(24-14)18(20)17(25(2)21)13-27-19-22-9-6-10-23-19;1-3-2;1-2-4-3-1;2-1-3;/h6-9H,3-5,11-13,20-21H2,1-2H3;3H2,1-2H3;1H,2H2;1H,(H,2,3);/q-1;;-1;;+2/b18-17-;;;;. The first kappa shape index (κ1) is 35.1. The molecule has 2 aromatic heterocycles. The third-order valence-corrected chi connectivity index (χ3v) is 4.93. The number of carbonyl (C=O) groups is 1. The van der Waals surface area contributed by atoms with Crippen molar-refractivity contribution in [2.24, 2.45) is 16.7 Å². The van der Waals surface area contributed by atoms with Crippen LogP contribution in [0.1, 0.15) is 50.9 Å². The van der Waals surface area contributed by atoms with E-state index in [1.54, 1.807) is 25.5 Å². The van der Waals surface area contributed by atoms with Gasteiger partial charge in [0.25, 0.3) is 6.47 Å². The van der Waals surface area contributed by atoms with E-state index in [-0.39, 0.29) is 50.2 Å². The summed E-state index contributed by atoms with van der Waals surface area (Å²) in [6.45, 7) is 9.12. The Morgan fingerprint density at radius 2 is 1.87 bits per heavy atom. The molecule has 2 aromatic rings. The number of pyridine rings is 1. The molecule has 1 saturated heterocycles. The smallest absolute Gasteiger partial charge is 0.598 e. The van der Waals surface area contributed by atoms with Crippen molar-refractivity contribution < 1.29 is 45.8 Å². The Bertz CT molecular complexity index is 964. The van der Waals surface area contributed by atoms with E-state index < -0.39 is 0 Å². The summed E-state index contributed by atoms with van der Waals surface area (Å²) in [4.78, 5) is 23.4. The van der Waals surface area contributed by atoms with E-state index in [1.807, 2.05) is 13.0 Å². The first-order valence-electron chi connectivity index (χ1n) is 12.2. The Balaban J connectivity index is 0.00000106. The minimum atomic E-state index is -0.250. The van der Waals surface area contributed by atoms with Crippen LogP contribution < -0.4 is 21.2 Å². The van der Waals surface area contributed by atoms with Gasteiger partial charge in [0.15, 0.2) is 6.01 Å². The van der Waals surface area contributed by atoms with Gasteiger partial charge in [0, 0.05) is 20.1 Å². The van der Waals surface area contributed by atoms with E-state index in [9.17, 15) is 0 Å². The molecule has 0 radical (unpaired) electrons. The predicted molar refractivity (Wildman–Crippen MR) is 146 cm³/mol. The second kappa shape index (κ2) is 21.1. The number of hydrazine groups is 1. The molecule has 0 saturated carbocycles. The van der Waals surface area contributed by atoms with Crippen LogP contribution in [-0.4, -0.2) is 71.0 Å². The van der Waals surface area contributed by atoms with Crippen molar-refractivity contribution >= 4 is 24.1 Å². The van der Waals surface area contributed by atoms with Crippen molar-refractivity contribution in [3.8, 4) is 6.01 Å². The molecule has 4 rings (SSSR count). The number of aromatic nitrogens is 3. The maximum atomic E-state index is 8.36. The largest absolute Gasteiger partial charge is 2.00 e. The zero-order chi connectivity index (χ0) is 27.5. The van der Waals surface area contributed by atoms with Crippen molar-refractivity contribution in [2.75, 3.05) is 38.2 Å². The third-order valence-electron chi connectivity index (χ3n) is 4.93. The van der Waals surface area contributed by atoms with Gasteiger partial charge in [0.05, 0.1) is 28.5 Å². The van der Waals surface area contributed by atoms with Gasteiger partial charge in [-0.3, -0.25) is 4.79 Å². The Labute approximate surface area is 249 Å². The molecule has 0 aliphatic carbocycles. The van der Waals surface area contributed by atoms with E-state index in [4.69, 9.17) is 31.2 Å². The average molecular weight is 752 g/mol. The van der Waals surface area contributed by atoms with Crippen molar-refractivity contribution in [1.82, 2.24) is 20.0 Å². The average Bonchev–Trinajstić information content (AvgIpc) is 2.85. The fourth-order valence-corrected chi connectivity index (χ4v) is 3.23. The van der Waals surface area contributed by atoms with Crippen molar-refractivity contribution in [3.63, 3.8) is 0 Å². The summed E-state index contributed by atoms with van der Waals surface area (Å²) in [6.07, 6.45) is 11.0. The molecular formula is C25H39N9O3U. The summed E-state index contributed by atoms with van der Waals surface area (Å²) >= 11 is 0. The van der Waals surface area contributed by atoms with Gasteiger partial charge in [0.1, 0.15) is 6.61 Å². The molecule has 206 valence electrons. The van der Waals surface area contributed by atoms with Crippen molar-refractivity contribution in [2.45, 2.75) is 46.5 Å². The molecule has 2 aliphatic rings. The number of carboxylic acid groups (broad SMARTS) is 1. The molecule has 0 aromatic carbocycles. The molecule has 0 amide bonds. The first-order chi connectivity index (χ1) is 17.9. The zero-order valence-electron chi connectivity index (χ0n) is 22.7. The number of hydrogen-bond donors (Lipinski definition) is 3. The SMILES string of the molecule is C1=N[N-]C1.CCC.Cc1nc(/C(N)=C(\COc2n[c-]ccn2)N(C)N)ccc1N1CCCCC1.O=CO.[U+2]. The Morgan fingerprint density at radius 1 is 1.29 bits per heavy atom. The van der Waals surface area contributed by atoms with Crippen LogP contribution in [0.4, 0.5) is 5.69 Å². The minimum Gasteiger partial charge on any atom is -0.598 e. The van der Waals surface area contributed by atoms with Gasteiger partial charge in [-0.2, -0.15) is 0 Å². The molecular weight excluding hydrogens is 712 g/mol. The first-order valence-corrected chi connectivity index (χ1v) is 12.2. The van der Waals surface area contributed by atoms with Gasteiger partial charge >= 0.3 is 31.1 Å². The zero-order valence-corrected chi connectivity index (χ0v) is 26.8. The summed E-state index contributed by atoms with van der Waals surface area (Å²) in [5.41, 5.74) is 13.7.